The van der Waals surface area contributed by atoms with Gasteiger partial charge in [0.25, 0.3) is 0 Å². The van der Waals surface area contributed by atoms with Crippen LogP contribution >= 0.6 is 0 Å². The summed E-state index contributed by atoms with van der Waals surface area (Å²) in [7, 11) is -2.99. The molecule has 1 aromatic rings. The van der Waals surface area contributed by atoms with Crippen molar-refractivity contribution in [3.8, 4) is 0 Å². The summed E-state index contributed by atoms with van der Waals surface area (Å²) in [6, 6.07) is 5.24. The van der Waals surface area contributed by atoms with E-state index in [1.54, 1.807) is 6.07 Å². The SMILES string of the molecule is Cc1ccc(F)c(N2CCC[C@H](N[C@H](C)CS(C)(=O)=O)C2)c1. The second-order valence-corrected chi connectivity index (χ2v) is 8.59. The molecule has 1 fully saturated rings. The Labute approximate surface area is 132 Å². The standard InChI is InChI=1S/C16H25FN2O2S/c1-12-6-7-15(17)16(9-12)19-8-4-5-14(10-19)18-13(2)11-22(3,20)21/h6-7,9,13-14,18H,4-5,8,10-11H2,1-3H3/t13-,14+/m1/s1. The number of halogens is 1. The van der Waals surface area contributed by atoms with Crippen LogP contribution in [0.2, 0.25) is 0 Å². The van der Waals surface area contributed by atoms with Gasteiger partial charge in [0.05, 0.1) is 11.4 Å². The quantitative estimate of drug-likeness (QED) is 0.899. The maximum Gasteiger partial charge on any atom is 0.148 e. The average molecular weight is 328 g/mol. The van der Waals surface area contributed by atoms with E-state index >= 15 is 0 Å². The van der Waals surface area contributed by atoms with Crippen molar-refractivity contribution in [2.75, 3.05) is 30.0 Å². The van der Waals surface area contributed by atoms with Crippen LogP contribution in [0.15, 0.2) is 18.2 Å². The molecule has 22 heavy (non-hydrogen) atoms. The fourth-order valence-corrected chi connectivity index (χ4v) is 4.11. The van der Waals surface area contributed by atoms with Crippen molar-refractivity contribution in [3.63, 3.8) is 0 Å². The summed E-state index contributed by atoms with van der Waals surface area (Å²) in [5.74, 6) is -0.0714. The van der Waals surface area contributed by atoms with E-state index in [0.29, 0.717) is 12.2 Å². The molecule has 0 amide bonds. The minimum atomic E-state index is -2.99. The number of sulfone groups is 1. The molecular weight excluding hydrogens is 303 g/mol. The fourth-order valence-electron chi connectivity index (χ4n) is 3.10. The molecule has 0 radical (unpaired) electrons. The molecule has 2 rings (SSSR count). The number of benzene rings is 1. The van der Waals surface area contributed by atoms with E-state index in [-0.39, 0.29) is 23.7 Å². The largest absolute Gasteiger partial charge is 0.368 e. The topological polar surface area (TPSA) is 49.4 Å². The summed E-state index contributed by atoms with van der Waals surface area (Å²) >= 11 is 0. The molecule has 0 aliphatic carbocycles. The summed E-state index contributed by atoms with van der Waals surface area (Å²) in [5.41, 5.74) is 1.68. The van der Waals surface area contributed by atoms with E-state index in [2.05, 4.69) is 10.2 Å². The molecule has 1 heterocycles. The summed E-state index contributed by atoms with van der Waals surface area (Å²) < 4.78 is 36.7. The zero-order valence-electron chi connectivity index (χ0n) is 13.5. The van der Waals surface area contributed by atoms with Crippen LogP contribution in [0.25, 0.3) is 0 Å². The van der Waals surface area contributed by atoms with Gasteiger partial charge in [-0.05, 0) is 44.4 Å². The monoisotopic (exact) mass is 328 g/mol. The van der Waals surface area contributed by atoms with Gasteiger partial charge in [0.2, 0.25) is 0 Å². The minimum Gasteiger partial charge on any atom is -0.368 e. The number of hydrogen-bond acceptors (Lipinski definition) is 4. The zero-order chi connectivity index (χ0) is 16.3. The molecule has 0 saturated carbocycles. The molecule has 1 aromatic carbocycles. The number of nitrogens with one attached hydrogen (secondary N) is 1. The lowest BCUT2D eigenvalue weighted by Crippen LogP contribution is -2.50. The van der Waals surface area contributed by atoms with Gasteiger partial charge in [-0.15, -0.1) is 0 Å². The highest BCUT2D eigenvalue weighted by atomic mass is 32.2. The van der Waals surface area contributed by atoms with Crippen molar-refractivity contribution >= 4 is 15.5 Å². The minimum absolute atomic E-state index is 0.0951. The highest BCUT2D eigenvalue weighted by Gasteiger charge is 2.24. The first kappa shape index (κ1) is 17.2. The lowest BCUT2D eigenvalue weighted by Gasteiger charge is -2.36. The molecule has 4 nitrogen and oxygen atoms in total. The first-order valence-corrected chi connectivity index (χ1v) is 9.75. The van der Waals surface area contributed by atoms with Gasteiger partial charge < -0.3 is 10.2 Å². The lowest BCUT2D eigenvalue weighted by molar-refractivity contribution is 0.392. The molecule has 0 unspecified atom stereocenters. The number of nitrogens with zero attached hydrogens (tertiary/aromatic N) is 1. The van der Waals surface area contributed by atoms with Crippen molar-refractivity contribution in [3.05, 3.63) is 29.6 Å². The summed E-state index contributed by atoms with van der Waals surface area (Å²) in [5, 5.41) is 3.37. The van der Waals surface area contributed by atoms with Crippen LogP contribution in [0.4, 0.5) is 10.1 Å². The zero-order valence-corrected chi connectivity index (χ0v) is 14.3. The van der Waals surface area contributed by atoms with Crippen molar-refractivity contribution in [2.45, 2.75) is 38.8 Å². The summed E-state index contributed by atoms with van der Waals surface area (Å²) in [6.45, 7) is 5.37. The second kappa shape index (κ2) is 6.96. The molecule has 0 aromatic heterocycles. The van der Waals surface area contributed by atoms with E-state index in [0.717, 1.165) is 24.9 Å². The Morgan fingerprint density at radius 1 is 1.45 bits per heavy atom. The van der Waals surface area contributed by atoms with Gasteiger partial charge in [0, 0.05) is 31.4 Å². The Balaban J connectivity index is 2.01. The molecule has 1 N–H and O–H groups in total. The normalized spacial score (nSPS) is 20.9. The average Bonchev–Trinajstić information content (AvgIpc) is 2.39. The van der Waals surface area contributed by atoms with E-state index < -0.39 is 9.84 Å². The first-order chi connectivity index (χ1) is 10.2. The van der Waals surface area contributed by atoms with E-state index in [1.807, 2.05) is 19.9 Å². The number of aryl methyl sites for hydroxylation is 1. The Hall–Kier alpha value is -1.14. The van der Waals surface area contributed by atoms with Gasteiger partial charge in [-0.1, -0.05) is 6.07 Å². The fraction of sp³-hybridized carbons (Fsp3) is 0.625. The molecule has 1 aliphatic rings. The van der Waals surface area contributed by atoms with Crippen LogP contribution in [0.5, 0.6) is 0 Å². The third-order valence-corrected chi connectivity index (χ3v) is 5.04. The Kier molecular flexibility index (Phi) is 5.45. The van der Waals surface area contributed by atoms with Crippen LogP contribution in [0, 0.1) is 12.7 Å². The molecule has 0 spiro atoms. The first-order valence-electron chi connectivity index (χ1n) is 7.69. The van der Waals surface area contributed by atoms with Gasteiger partial charge in [0.15, 0.2) is 0 Å². The third-order valence-electron chi connectivity index (χ3n) is 3.94. The third kappa shape index (κ3) is 4.95. The van der Waals surface area contributed by atoms with Gasteiger partial charge in [-0.3, -0.25) is 0 Å². The predicted molar refractivity (Wildman–Crippen MR) is 88.7 cm³/mol. The van der Waals surface area contributed by atoms with E-state index in [9.17, 15) is 12.8 Å². The van der Waals surface area contributed by atoms with Crippen LogP contribution in [0.1, 0.15) is 25.3 Å². The van der Waals surface area contributed by atoms with Gasteiger partial charge in [-0.25, -0.2) is 12.8 Å². The van der Waals surface area contributed by atoms with Crippen LogP contribution in [0.3, 0.4) is 0 Å². The Morgan fingerprint density at radius 3 is 2.86 bits per heavy atom. The lowest BCUT2D eigenvalue weighted by atomic mass is 10.0. The van der Waals surface area contributed by atoms with Gasteiger partial charge >= 0.3 is 0 Å². The molecule has 1 aliphatic heterocycles. The number of rotatable bonds is 5. The van der Waals surface area contributed by atoms with E-state index in [4.69, 9.17) is 0 Å². The smallest absolute Gasteiger partial charge is 0.148 e. The Morgan fingerprint density at radius 2 is 2.18 bits per heavy atom. The highest BCUT2D eigenvalue weighted by molar-refractivity contribution is 7.90. The molecule has 1 saturated heterocycles. The van der Waals surface area contributed by atoms with Crippen molar-refractivity contribution in [2.24, 2.45) is 0 Å². The second-order valence-electron chi connectivity index (χ2n) is 6.40. The number of hydrogen-bond donors (Lipinski definition) is 1. The van der Waals surface area contributed by atoms with Crippen molar-refractivity contribution < 1.29 is 12.8 Å². The highest BCUT2D eigenvalue weighted by Crippen LogP contribution is 2.24. The number of anilines is 1. The summed E-state index contributed by atoms with van der Waals surface area (Å²) in [4.78, 5) is 2.05. The Bertz CT molecular complexity index is 619. The maximum absolute atomic E-state index is 14.0. The molecule has 0 bridgehead atoms. The van der Waals surface area contributed by atoms with E-state index in [1.165, 1.54) is 12.3 Å². The van der Waals surface area contributed by atoms with Gasteiger partial charge in [-0.2, -0.15) is 0 Å². The number of piperidine rings is 1. The molecule has 124 valence electrons. The molecular formula is C16H25FN2O2S. The van der Waals surface area contributed by atoms with Crippen LogP contribution in [-0.4, -0.2) is 45.6 Å². The molecule has 2 atom stereocenters. The van der Waals surface area contributed by atoms with Crippen LogP contribution < -0.4 is 10.2 Å². The van der Waals surface area contributed by atoms with Gasteiger partial charge in [0.1, 0.15) is 15.7 Å². The maximum atomic E-state index is 14.0. The van der Waals surface area contributed by atoms with Crippen LogP contribution in [-0.2, 0) is 9.84 Å². The predicted octanol–water partition coefficient (Wildman–Crippen LogP) is 2.13. The van der Waals surface area contributed by atoms with Crippen molar-refractivity contribution in [1.82, 2.24) is 5.32 Å². The van der Waals surface area contributed by atoms with Crippen molar-refractivity contribution in [1.29, 1.82) is 0 Å². The molecule has 6 heteroatoms. The summed E-state index contributed by atoms with van der Waals surface area (Å²) in [6.07, 6.45) is 3.20.